The maximum absolute atomic E-state index is 13.8. The van der Waals surface area contributed by atoms with Crippen LogP contribution in [0.2, 0.25) is 0 Å². The van der Waals surface area contributed by atoms with Gasteiger partial charge in [0.15, 0.2) is 0 Å². The third-order valence-electron chi connectivity index (χ3n) is 4.28. The molecule has 27 heavy (non-hydrogen) atoms. The average molecular weight is 361 g/mol. The summed E-state index contributed by atoms with van der Waals surface area (Å²) in [4.78, 5) is 4.49. The summed E-state index contributed by atoms with van der Waals surface area (Å²) < 4.78 is 41.1. The van der Waals surface area contributed by atoms with E-state index in [1.54, 1.807) is 42.6 Å². The van der Waals surface area contributed by atoms with E-state index in [4.69, 9.17) is 0 Å². The maximum atomic E-state index is 13.8. The highest BCUT2D eigenvalue weighted by Gasteiger charge is 2.13. The van der Waals surface area contributed by atoms with Crippen LogP contribution in [0.1, 0.15) is 0 Å². The van der Waals surface area contributed by atoms with Gasteiger partial charge in [-0.1, -0.05) is 36.4 Å². The Morgan fingerprint density at radius 2 is 1.04 bits per heavy atom. The van der Waals surface area contributed by atoms with E-state index >= 15 is 0 Å². The van der Waals surface area contributed by atoms with Gasteiger partial charge in [-0.3, -0.25) is 4.98 Å². The molecule has 1 nitrogen and oxygen atoms in total. The summed E-state index contributed by atoms with van der Waals surface area (Å²) in [5, 5.41) is 0. The average Bonchev–Trinajstić information content (AvgIpc) is 2.67. The second-order valence-electron chi connectivity index (χ2n) is 6.15. The SMILES string of the molecule is Fc1cccc(-c2cnc(-c3cccc(F)c3)c(-c3cccc(F)c3)c2)c1. The molecular formula is C23H14F3N. The monoisotopic (exact) mass is 361 g/mol. The van der Waals surface area contributed by atoms with E-state index in [1.807, 2.05) is 6.07 Å². The molecule has 1 heterocycles. The molecule has 1 aromatic heterocycles. The van der Waals surface area contributed by atoms with Crippen LogP contribution in [0, 0.1) is 17.5 Å². The minimum Gasteiger partial charge on any atom is -0.255 e. The Morgan fingerprint density at radius 3 is 1.67 bits per heavy atom. The molecule has 0 aliphatic heterocycles. The molecule has 0 fully saturated rings. The first-order chi connectivity index (χ1) is 13.1. The number of pyridine rings is 1. The summed E-state index contributed by atoms with van der Waals surface area (Å²) in [6.07, 6.45) is 1.61. The van der Waals surface area contributed by atoms with Crippen molar-refractivity contribution < 1.29 is 13.2 Å². The summed E-state index contributed by atoms with van der Waals surface area (Å²) in [5.41, 5.74) is 3.71. The number of hydrogen-bond acceptors (Lipinski definition) is 1. The minimum atomic E-state index is -0.381. The van der Waals surface area contributed by atoms with Gasteiger partial charge in [-0.25, -0.2) is 13.2 Å². The first-order valence-electron chi connectivity index (χ1n) is 8.38. The van der Waals surface area contributed by atoms with Crippen LogP contribution in [0.3, 0.4) is 0 Å². The molecule has 132 valence electrons. The van der Waals surface area contributed by atoms with E-state index in [9.17, 15) is 13.2 Å². The normalized spacial score (nSPS) is 10.8. The van der Waals surface area contributed by atoms with Crippen LogP contribution >= 0.6 is 0 Å². The molecule has 0 atom stereocenters. The Bertz CT molecular complexity index is 1120. The largest absolute Gasteiger partial charge is 0.255 e. The third kappa shape index (κ3) is 3.60. The zero-order valence-electron chi connectivity index (χ0n) is 14.2. The van der Waals surface area contributed by atoms with Gasteiger partial charge in [0.05, 0.1) is 5.69 Å². The summed E-state index contributed by atoms with van der Waals surface area (Å²) in [7, 11) is 0. The Hall–Kier alpha value is -3.40. The van der Waals surface area contributed by atoms with Gasteiger partial charge in [0.25, 0.3) is 0 Å². The molecule has 0 aliphatic rings. The standard InChI is InChI=1S/C23H14F3N/c24-19-7-1-4-15(10-19)18-13-22(16-5-2-8-20(25)11-16)23(27-14-18)17-6-3-9-21(26)12-17/h1-14H. The van der Waals surface area contributed by atoms with Gasteiger partial charge >= 0.3 is 0 Å². The van der Waals surface area contributed by atoms with E-state index in [1.165, 1.54) is 36.4 Å². The van der Waals surface area contributed by atoms with Crippen LogP contribution in [0.5, 0.6) is 0 Å². The minimum absolute atomic E-state index is 0.353. The fraction of sp³-hybridized carbons (Fsp3) is 0. The lowest BCUT2D eigenvalue weighted by atomic mass is 9.96. The maximum Gasteiger partial charge on any atom is 0.123 e. The van der Waals surface area contributed by atoms with Crippen molar-refractivity contribution in [1.29, 1.82) is 0 Å². The van der Waals surface area contributed by atoms with Crippen LogP contribution in [-0.2, 0) is 0 Å². The fourth-order valence-electron chi connectivity index (χ4n) is 3.03. The molecule has 0 unspecified atom stereocenters. The predicted molar refractivity (Wildman–Crippen MR) is 100 cm³/mol. The summed E-state index contributed by atoms with van der Waals surface area (Å²) in [6, 6.07) is 20.2. The van der Waals surface area contributed by atoms with Crippen molar-refractivity contribution in [3.05, 3.63) is 103 Å². The predicted octanol–water partition coefficient (Wildman–Crippen LogP) is 6.50. The first-order valence-corrected chi connectivity index (χ1v) is 8.38. The molecule has 4 aromatic rings. The lowest BCUT2D eigenvalue weighted by Gasteiger charge is -2.12. The summed E-state index contributed by atoms with van der Waals surface area (Å²) in [6.45, 7) is 0. The highest BCUT2D eigenvalue weighted by atomic mass is 19.1. The van der Waals surface area contributed by atoms with Gasteiger partial charge in [0.2, 0.25) is 0 Å². The molecule has 0 saturated heterocycles. The molecular weight excluding hydrogens is 347 g/mol. The van der Waals surface area contributed by atoms with Crippen LogP contribution in [-0.4, -0.2) is 4.98 Å². The molecule has 0 bridgehead atoms. The van der Waals surface area contributed by atoms with Crippen molar-refractivity contribution in [1.82, 2.24) is 4.98 Å². The highest BCUT2D eigenvalue weighted by Crippen LogP contribution is 2.34. The summed E-state index contributed by atoms with van der Waals surface area (Å²) in [5.74, 6) is -1.11. The number of nitrogens with zero attached hydrogens (tertiary/aromatic N) is 1. The van der Waals surface area contributed by atoms with Crippen LogP contribution in [0.4, 0.5) is 13.2 Å². The smallest absolute Gasteiger partial charge is 0.123 e. The Kier molecular flexibility index (Phi) is 4.47. The van der Waals surface area contributed by atoms with E-state index in [0.29, 0.717) is 33.5 Å². The fourth-order valence-corrected chi connectivity index (χ4v) is 3.03. The van der Waals surface area contributed by atoms with E-state index in [-0.39, 0.29) is 17.5 Å². The van der Waals surface area contributed by atoms with Gasteiger partial charge in [-0.2, -0.15) is 0 Å². The number of hydrogen-bond donors (Lipinski definition) is 0. The Balaban J connectivity index is 1.94. The van der Waals surface area contributed by atoms with Crippen molar-refractivity contribution >= 4 is 0 Å². The van der Waals surface area contributed by atoms with Crippen molar-refractivity contribution in [2.45, 2.75) is 0 Å². The molecule has 0 saturated carbocycles. The zero-order chi connectivity index (χ0) is 18.8. The molecule has 0 N–H and O–H groups in total. The van der Waals surface area contributed by atoms with Gasteiger partial charge in [0, 0.05) is 22.9 Å². The third-order valence-corrected chi connectivity index (χ3v) is 4.28. The second-order valence-corrected chi connectivity index (χ2v) is 6.15. The lowest BCUT2D eigenvalue weighted by molar-refractivity contribution is 0.627. The molecule has 0 spiro atoms. The summed E-state index contributed by atoms with van der Waals surface area (Å²) >= 11 is 0. The molecule has 0 radical (unpaired) electrons. The van der Waals surface area contributed by atoms with E-state index < -0.39 is 0 Å². The highest BCUT2D eigenvalue weighted by molar-refractivity contribution is 5.84. The van der Waals surface area contributed by atoms with Crippen molar-refractivity contribution in [2.24, 2.45) is 0 Å². The Labute approximate surface area is 154 Å². The van der Waals surface area contributed by atoms with Crippen molar-refractivity contribution in [3.8, 4) is 33.5 Å². The van der Waals surface area contributed by atoms with Crippen LogP contribution < -0.4 is 0 Å². The molecule has 4 heteroatoms. The van der Waals surface area contributed by atoms with Crippen molar-refractivity contribution in [2.75, 3.05) is 0 Å². The number of aromatic nitrogens is 1. The molecule has 0 aliphatic carbocycles. The van der Waals surface area contributed by atoms with Crippen LogP contribution in [0.15, 0.2) is 85.1 Å². The number of halogens is 3. The van der Waals surface area contributed by atoms with Crippen LogP contribution in [0.25, 0.3) is 33.5 Å². The first kappa shape index (κ1) is 17.0. The Morgan fingerprint density at radius 1 is 0.519 bits per heavy atom. The zero-order valence-corrected chi connectivity index (χ0v) is 14.2. The second kappa shape index (κ2) is 7.08. The topological polar surface area (TPSA) is 12.9 Å². The van der Waals surface area contributed by atoms with E-state index in [0.717, 1.165) is 0 Å². The quantitative estimate of drug-likeness (QED) is 0.406. The number of benzene rings is 3. The number of rotatable bonds is 3. The van der Waals surface area contributed by atoms with Gasteiger partial charge in [-0.05, 0) is 53.6 Å². The molecule has 3 aromatic carbocycles. The molecule has 4 rings (SSSR count). The lowest BCUT2D eigenvalue weighted by Crippen LogP contribution is -1.93. The van der Waals surface area contributed by atoms with Gasteiger partial charge in [-0.15, -0.1) is 0 Å². The molecule has 0 amide bonds. The van der Waals surface area contributed by atoms with Crippen molar-refractivity contribution in [3.63, 3.8) is 0 Å². The van der Waals surface area contributed by atoms with Gasteiger partial charge in [0.1, 0.15) is 17.5 Å². The van der Waals surface area contributed by atoms with Gasteiger partial charge < -0.3 is 0 Å². The van der Waals surface area contributed by atoms with E-state index in [2.05, 4.69) is 4.98 Å².